The Balaban J connectivity index is 3.50. The summed E-state index contributed by atoms with van der Waals surface area (Å²) in [4.78, 5) is 11.0. The van der Waals surface area contributed by atoms with Crippen molar-refractivity contribution in [2.75, 3.05) is 0 Å². The maximum absolute atomic E-state index is 11.0. The first-order chi connectivity index (χ1) is 7.27. The van der Waals surface area contributed by atoms with Crippen LogP contribution in [-0.2, 0) is 11.8 Å². The van der Waals surface area contributed by atoms with Gasteiger partial charge in [-0.05, 0) is 23.5 Å². The molecule has 0 amide bonds. The van der Waals surface area contributed by atoms with Gasteiger partial charge >= 0.3 is 5.97 Å². The number of hydrogen-bond acceptors (Lipinski definition) is 2. The van der Waals surface area contributed by atoms with Gasteiger partial charge in [0.15, 0.2) is 0 Å². The summed E-state index contributed by atoms with van der Waals surface area (Å²) < 4.78 is 0. The summed E-state index contributed by atoms with van der Waals surface area (Å²) in [6, 6.07) is 3.41. The molecule has 0 aliphatic heterocycles. The summed E-state index contributed by atoms with van der Waals surface area (Å²) in [7, 11) is 0. The third kappa shape index (κ3) is 2.35. The number of aromatic carboxylic acids is 1. The number of carboxylic acid groups (broad SMARTS) is 1. The standard InChI is InChI=1S/C13H18O3/c1-5-8-6-9(12(15)16)11(14)10(7-8)13(2,3)4/h6-7,14H,5H2,1-4H3,(H,15,16). The van der Waals surface area contributed by atoms with Crippen molar-refractivity contribution in [1.82, 2.24) is 0 Å². The molecule has 0 saturated carbocycles. The number of benzene rings is 1. The van der Waals surface area contributed by atoms with Crippen molar-refractivity contribution < 1.29 is 15.0 Å². The van der Waals surface area contributed by atoms with Crippen LogP contribution < -0.4 is 0 Å². The number of rotatable bonds is 2. The van der Waals surface area contributed by atoms with E-state index < -0.39 is 5.97 Å². The molecular formula is C13H18O3. The summed E-state index contributed by atoms with van der Waals surface area (Å²) in [5.41, 5.74) is 1.34. The Bertz CT molecular complexity index is 414. The molecule has 0 saturated heterocycles. The predicted molar refractivity (Wildman–Crippen MR) is 63.1 cm³/mol. The van der Waals surface area contributed by atoms with E-state index in [-0.39, 0.29) is 16.7 Å². The Kier molecular flexibility index (Phi) is 3.27. The minimum absolute atomic E-state index is 0.00993. The summed E-state index contributed by atoms with van der Waals surface area (Å²) >= 11 is 0. The van der Waals surface area contributed by atoms with Gasteiger partial charge < -0.3 is 10.2 Å². The maximum Gasteiger partial charge on any atom is 0.339 e. The first kappa shape index (κ1) is 12.6. The molecule has 0 unspecified atom stereocenters. The van der Waals surface area contributed by atoms with E-state index in [2.05, 4.69) is 0 Å². The Morgan fingerprint density at radius 2 is 1.88 bits per heavy atom. The highest BCUT2D eigenvalue weighted by atomic mass is 16.4. The molecule has 0 spiro atoms. The second-order valence-corrected chi connectivity index (χ2v) is 4.95. The molecule has 2 N–H and O–H groups in total. The number of aryl methyl sites for hydroxylation is 1. The Morgan fingerprint density at radius 3 is 2.25 bits per heavy atom. The van der Waals surface area contributed by atoms with E-state index >= 15 is 0 Å². The number of carbonyl (C=O) groups is 1. The lowest BCUT2D eigenvalue weighted by Gasteiger charge is -2.22. The highest BCUT2D eigenvalue weighted by Gasteiger charge is 2.23. The second-order valence-electron chi connectivity index (χ2n) is 4.95. The summed E-state index contributed by atoms with van der Waals surface area (Å²) in [6.07, 6.45) is 0.754. The molecule has 0 heterocycles. The van der Waals surface area contributed by atoms with Crippen LogP contribution >= 0.6 is 0 Å². The van der Waals surface area contributed by atoms with Gasteiger partial charge in [-0.3, -0.25) is 0 Å². The predicted octanol–water partition coefficient (Wildman–Crippen LogP) is 2.95. The van der Waals surface area contributed by atoms with Gasteiger partial charge in [0.05, 0.1) is 0 Å². The van der Waals surface area contributed by atoms with Gasteiger partial charge in [0, 0.05) is 5.56 Å². The normalized spacial score (nSPS) is 11.5. The zero-order chi connectivity index (χ0) is 12.5. The fourth-order valence-electron chi connectivity index (χ4n) is 1.63. The van der Waals surface area contributed by atoms with Crippen LogP contribution in [0.4, 0.5) is 0 Å². The fraction of sp³-hybridized carbons (Fsp3) is 0.462. The van der Waals surface area contributed by atoms with Gasteiger partial charge in [-0.15, -0.1) is 0 Å². The summed E-state index contributed by atoms with van der Waals surface area (Å²) in [5, 5.41) is 18.9. The topological polar surface area (TPSA) is 57.5 Å². The third-order valence-electron chi connectivity index (χ3n) is 2.62. The quantitative estimate of drug-likeness (QED) is 0.808. The van der Waals surface area contributed by atoms with Gasteiger partial charge in [-0.1, -0.05) is 33.8 Å². The van der Waals surface area contributed by atoms with Crippen molar-refractivity contribution in [2.24, 2.45) is 0 Å². The van der Waals surface area contributed by atoms with Crippen LogP contribution in [0.15, 0.2) is 12.1 Å². The van der Waals surface area contributed by atoms with E-state index in [1.165, 1.54) is 6.07 Å². The molecule has 0 aliphatic rings. The van der Waals surface area contributed by atoms with Gasteiger partial charge in [-0.2, -0.15) is 0 Å². The molecule has 0 bridgehead atoms. The lowest BCUT2D eigenvalue weighted by molar-refractivity contribution is 0.0693. The molecule has 3 nitrogen and oxygen atoms in total. The van der Waals surface area contributed by atoms with E-state index in [4.69, 9.17) is 5.11 Å². The number of phenols is 1. The minimum Gasteiger partial charge on any atom is -0.507 e. The smallest absolute Gasteiger partial charge is 0.339 e. The van der Waals surface area contributed by atoms with E-state index in [9.17, 15) is 9.90 Å². The SMILES string of the molecule is CCc1cc(C(=O)O)c(O)c(C(C)(C)C)c1. The van der Waals surface area contributed by atoms with Crippen LogP contribution in [0.2, 0.25) is 0 Å². The third-order valence-corrected chi connectivity index (χ3v) is 2.62. The lowest BCUT2D eigenvalue weighted by atomic mass is 9.83. The Hall–Kier alpha value is -1.51. The van der Waals surface area contributed by atoms with Crippen LogP contribution in [0.1, 0.15) is 49.2 Å². The molecule has 1 rings (SSSR count). The van der Waals surface area contributed by atoms with Gasteiger partial charge in [0.1, 0.15) is 11.3 Å². The molecule has 3 heteroatoms. The van der Waals surface area contributed by atoms with Crippen molar-refractivity contribution in [2.45, 2.75) is 39.5 Å². The lowest BCUT2D eigenvalue weighted by Crippen LogP contribution is -2.14. The number of carboxylic acids is 1. The van der Waals surface area contributed by atoms with Crippen molar-refractivity contribution >= 4 is 5.97 Å². The molecule has 0 radical (unpaired) electrons. The zero-order valence-electron chi connectivity index (χ0n) is 10.2. The van der Waals surface area contributed by atoms with Crippen molar-refractivity contribution in [3.8, 4) is 5.75 Å². The average molecular weight is 222 g/mol. The molecule has 1 aromatic carbocycles. The van der Waals surface area contributed by atoms with Crippen LogP contribution in [0.25, 0.3) is 0 Å². The molecule has 0 aromatic heterocycles. The van der Waals surface area contributed by atoms with Crippen LogP contribution in [0, 0.1) is 0 Å². The van der Waals surface area contributed by atoms with Gasteiger partial charge in [0.2, 0.25) is 0 Å². The van der Waals surface area contributed by atoms with Gasteiger partial charge in [0.25, 0.3) is 0 Å². The van der Waals surface area contributed by atoms with Gasteiger partial charge in [-0.25, -0.2) is 4.79 Å². The first-order valence-electron chi connectivity index (χ1n) is 5.37. The fourth-order valence-corrected chi connectivity index (χ4v) is 1.63. The number of hydrogen-bond donors (Lipinski definition) is 2. The Morgan fingerprint density at radius 1 is 1.31 bits per heavy atom. The van der Waals surface area contributed by atoms with Crippen LogP contribution in [0.3, 0.4) is 0 Å². The molecule has 1 aromatic rings. The highest BCUT2D eigenvalue weighted by Crippen LogP contribution is 2.34. The molecule has 0 aliphatic carbocycles. The van der Waals surface area contributed by atoms with Crippen LogP contribution in [-0.4, -0.2) is 16.2 Å². The highest BCUT2D eigenvalue weighted by molar-refractivity contribution is 5.91. The van der Waals surface area contributed by atoms with Crippen LogP contribution in [0.5, 0.6) is 5.75 Å². The second kappa shape index (κ2) is 4.16. The monoisotopic (exact) mass is 222 g/mol. The molecule has 0 atom stereocenters. The summed E-state index contributed by atoms with van der Waals surface area (Å²) in [5.74, 6) is -1.20. The molecule has 0 fully saturated rings. The number of aromatic hydroxyl groups is 1. The Labute approximate surface area is 95.7 Å². The first-order valence-corrected chi connectivity index (χ1v) is 5.37. The largest absolute Gasteiger partial charge is 0.507 e. The molecular weight excluding hydrogens is 204 g/mol. The molecule has 88 valence electrons. The molecule has 16 heavy (non-hydrogen) atoms. The van der Waals surface area contributed by atoms with Crippen molar-refractivity contribution in [1.29, 1.82) is 0 Å². The van der Waals surface area contributed by atoms with E-state index in [1.807, 2.05) is 33.8 Å². The van der Waals surface area contributed by atoms with Crippen molar-refractivity contribution in [3.63, 3.8) is 0 Å². The van der Waals surface area contributed by atoms with E-state index in [0.717, 1.165) is 12.0 Å². The van der Waals surface area contributed by atoms with E-state index in [1.54, 1.807) is 0 Å². The minimum atomic E-state index is -1.08. The van der Waals surface area contributed by atoms with E-state index in [0.29, 0.717) is 5.56 Å². The maximum atomic E-state index is 11.0. The average Bonchev–Trinajstić information content (AvgIpc) is 2.15. The van der Waals surface area contributed by atoms with Crippen molar-refractivity contribution in [3.05, 3.63) is 28.8 Å². The zero-order valence-corrected chi connectivity index (χ0v) is 10.2. The summed E-state index contributed by atoms with van der Waals surface area (Å²) in [6.45, 7) is 7.82.